The highest BCUT2D eigenvalue weighted by Gasteiger charge is 2.51. The van der Waals surface area contributed by atoms with Gasteiger partial charge in [0, 0.05) is 11.6 Å². The van der Waals surface area contributed by atoms with Gasteiger partial charge in [-0.05, 0) is 67.9 Å². The Bertz CT molecular complexity index is 462. The summed E-state index contributed by atoms with van der Waals surface area (Å²) >= 11 is 11.9. The fourth-order valence-corrected chi connectivity index (χ4v) is 5.40. The molecule has 0 aromatic carbocycles. The van der Waals surface area contributed by atoms with Crippen LogP contribution in [-0.4, -0.2) is 15.5 Å². The Labute approximate surface area is 123 Å². The lowest BCUT2D eigenvalue weighted by Gasteiger charge is -2.57. The molecule has 0 radical (unpaired) electrons. The first-order valence-corrected chi connectivity index (χ1v) is 7.84. The van der Waals surface area contributed by atoms with E-state index < -0.39 is 0 Å². The van der Waals surface area contributed by atoms with Crippen LogP contribution >= 0.6 is 23.2 Å². The zero-order valence-corrected chi connectivity index (χ0v) is 12.2. The van der Waals surface area contributed by atoms with Gasteiger partial charge in [-0.3, -0.25) is 0 Å². The predicted molar refractivity (Wildman–Crippen MR) is 76.6 cm³/mol. The Balaban J connectivity index is 1.62. The van der Waals surface area contributed by atoms with Gasteiger partial charge in [0.1, 0.15) is 11.0 Å². The molecule has 0 atom stereocenters. The largest absolute Gasteiger partial charge is 0.364 e. The zero-order chi connectivity index (χ0) is 13.0. The summed E-state index contributed by atoms with van der Waals surface area (Å²) < 4.78 is 0. The number of rotatable bonds is 2. The lowest BCUT2D eigenvalue weighted by atomic mass is 9.53. The van der Waals surface area contributed by atoms with E-state index in [2.05, 4.69) is 15.3 Å². The SMILES string of the molecule is Clc1cc(NC23CC4CC(CC(C4)C2)C3)nc(Cl)n1. The fourth-order valence-electron chi connectivity index (χ4n) is 4.99. The van der Waals surface area contributed by atoms with Crippen molar-refractivity contribution in [1.82, 2.24) is 9.97 Å². The summed E-state index contributed by atoms with van der Waals surface area (Å²) in [6, 6.07) is 1.78. The molecule has 4 bridgehead atoms. The lowest BCUT2D eigenvalue weighted by Crippen LogP contribution is -2.54. The maximum Gasteiger partial charge on any atom is 0.225 e. The molecule has 1 heterocycles. The third-order valence-electron chi connectivity index (χ3n) is 5.10. The van der Waals surface area contributed by atoms with Crippen LogP contribution in [0.5, 0.6) is 0 Å². The molecule has 4 fully saturated rings. The Morgan fingerprint density at radius 2 is 1.58 bits per heavy atom. The number of halogens is 2. The maximum atomic E-state index is 5.96. The van der Waals surface area contributed by atoms with Crippen LogP contribution < -0.4 is 5.32 Å². The summed E-state index contributed by atoms with van der Waals surface area (Å²) in [6.07, 6.45) is 8.14. The first-order chi connectivity index (χ1) is 9.10. The second-order valence-corrected chi connectivity index (χ2v) is 7.39. The molecule has 1 aromatic rings. The van der Waals surface area contributed by atoms with E-state index in [1.807, 2.05) is 0 Å². The van der Waals surface area contributed by atoms with Crippen LogP contribution in [0.3, 0.4) is 0 Å². The minimum absolute atomic E-state index is 0.222. The van der Waals surface area contributed by atoms with E-state index in [4.69, 9.17) is 23.2 Å². The van der Waals surface area contributed by atoms with Gasteiger partial charge in [0.2, 0.25) is 5.28 Å². The summed E-state index contributed by atoms with van der Waals surface area (Å²) in [6.45, 7) is 0. The highest BCUT2D eigenvalue weighted by Crippen LogP contribution is 2.56. The summed E-state index contributed by atoms with van der Waals surface area (Å²) in [7, 11) is 0. The lowest BCUT2D eigenvalue weighted by molar-refractivity contribution is 0.0105. The third kappa shape index (κ3) is 2.21. The topological polar surface area (TPSA) is 37.8 Å². The fraction of sp³-hybridized carbons (Fsp3) is 0.714. The quantitative estimate of drug-likeness (QED) is 0.658. The van der Waals surface area contributed by atoms with Crippen LogP contribution in [0.25, 0.3) is 0 Å². The average Bonchev–Trinajstić information content (AvgIpc) is 2.23. The van der Waals surface area contributed by atoms with Crippen LogP contribution in [-0.2, 0) is 0 Å². The number of nitrogens with one attached hydrogen (secondary N) is 1. The summed E-state index contributed by atoms with van der Waals surface area (Å²) in [5, 5.41) is 4.28. The van der Waals surface area contributed by atoms with Crippen molar-refractivity contribution in [2.45, 2.75) is 44.1 Å². The average molecular weight is 298 g/mol. The van der Waals surface area contributed by atoms with Crippen molar-refractivity contribution < 1.29 is 0 Å². The van der Waals surface area contributed by atoms with E-state index in [9.17, 15) is 0 Å². The number of anilines is 1. The van der Waals surface area contributed by atoms with Crippen molar-refractivity contribution in [3.05, 3.63) is 16.5 Å². The summed E-state index contributed by atoms with van der Waals surface area (Å²) in [5.41, 5.74) is 0.232. The van der Waals surface area contributed by atoms with Gasteiger partial charge in [-0.25, -0.2) is 9.97 Å². The highest BCUT2D eigenvalue weighted by molar-refractivity contribution is 6.32. The van der Waals surface area contributed by atoms with E-state index >= 15 is 0 Å². The minimum atomic E-state index is 0.222. The van der Waals surface area contributed by atoms with Crippen LogP contribution in [0.2, 0.25) is 10.4 Å². The van der Waals surface area contributed by atoms with Gasteiger partial charge in [0.05, 0.1) is 0 Å². The molecule has 3 nitrogen and oxygen atoms in total. The number of hydrogen-bond acceptors (Lipinski definition) is 3. The molecule has 5 heteroatoms. The van der Waals surface area contributed by atoms with Crippen LogP contribution in [0, 0.1) is 17.8 Å². The van der Waals surface area contributed by atoms with Gasteiger partial charge in [0.25, 0.3) is 0 Å². The van der Waals surface area contributed by atoms with Crippen LogP contribution in [0.1, 0.15) is 38.5 Å². The van der Waals surface area contributed by atoms with E-state index in [1.54, 1.807) is 6.07 Å². The molecule has 0 amide bonds. The van der Waals surface area contributed by atoms with Gasteiger partial charge in [-0.15, -0.1) is 0 Å². The normalized spacial score (nSPS) is 39.6. The van der Waals surface area contributed by atoms with E-state index in [-0.39, 0.29) is 10.8 Å². The van der Waals surface area contributed by atoms with E-state index in [1.165, 1.54) is 38.5 Å². The molecule has 4 saturated carbocycles. The molecule has 102 valence electrons. The molecule has 0 spiro atoms. The Kier molecular flexibility index (Phi) is 2.72. The molecule has 19 heavy (non-hydrogen) atoms. The van der Waals surface area contributed by atoms with Gasteiger partial charge < -0.3 is 5.32 Å². The van der Waals surface area contributed by atoms with Gasteiger partial charge in [-0.2, -0.15) is 0 Å². The molecule has 0 aliphatic heterocycles. The first-order valence-electron chi connectivity index (χ1n) is 7.08. The van der Waals surface area contributed by atoms with Crippen molar-refractivity contribution in [3.63, 3.8) is 0 Å². The number of hydrogen-bond donors (Lipinski definition) is 1. The second-order valence-electron chi connectivity index (χ2n) is 6.67. The Hall–Kier alpha value is -0.540. The Morgan fingerprint density at radius 3 is 2.11 bits per heavy atom. The molecular formula is C14H17Cl2N3. The van der Waals surface area contributed by atoms with Crippen molar-refractivity contribution in [3.8, 4) is 0 Å². The monoisotopic (exact) mass is 297 g/mol. The van der Waals surface area contributed by atoms with Crippen molar-refractivity contribution in [1.29, 1.82) is 0 Å². The molecule has 1 aromatic heterocycles. The molecule has 0 saturated heterocycles. The maximum absolute atomic E-state index is 5.96. The van der Waals surface area contributed by atoms with E-state index in [0.29, 0.717) is 5.15 Å². The van der Waals surface area contributed by atoms with E-state index in [0.717, 1.165) is 23.6 Å². The first kappa shape index (κ1) is 12.2. The van der Waals surface area contributed by atoms with Crippen molar-refractivity contribution in [2.24, 2.45) is 17.8 Å². The molecule has 4 aliphatic rings. The predicted octanol–water partition coefficient (Wildman–Crippen LogP) is 4.16. The molecule has 1 N–H and O–H groups in total. The number of aromatic nitrogens is 2. The van der Waals surface area contributed by atoms with Gasteiger partial charge in [-0.1, -0.05) is 11.6 Å². The molecule has 0 unspecified atom stereocenters. The van der Waals surface area contributed by atoms with Crippen molar-refractivity contribution >= 4 is 29.0 Å². The minimum Gasteiger partial charge on any atom is -0.364 e. The van der Waals surface area contributed by atoms with Crippen LogP contribution in [0.15, 0.2) is 6.07 Å². The third-order valence-corrected chi connectivity index (χ3v) is 5.46. The highest BCUT2D eigenvalue weighted by atomic mass is 35.5. The molecule has 4 aliphatic carbocycles. The van der Waals surface area contributed by atoms with Gasteiger partial charge in [0.15, 0.2) is 0 Å². The summed E-state index contributed by atoms with van der Waals surface area (Å²) in [4.78, 5) is 8.18. The second kappa shape index (κ2) is 4.23. The van der Waals surface area contributed by atoms with Crippen LogP contribution in [0.4, 0.5) is 5.82 Å². The number of nitrogens with zero attached hydrogens (tertiary/aromatic N) is 2. The van der Waals surface area contributed by atoms with Crippen molar-refractivity contribution in [2.75, 3.05) is 5.32 Å². The standard InChI is InChI=1S/C14H17Cl2N3/c15-11-4-12(18-13(16)17-11)19-14-5-8-1-9(6-14)3-10(2-8)7-14/h4,8-10H,1-3,5-7H2,(H,17,18,19). The smallest absolute Gasteiger partial charge is 0.225 e. The summed E-state index contributed by atoms with van der Waals surface area (Å²) in [5.74, 6) is 3.51. The van der Waals surface area contributed by atoms with Gasteiger partial charge >= 0.3 is 0 Å². The zero-order valence-electron chi connectivity index (χ0n) is 10.7. The molecular weight excluding hydrogens is 281 g/mol. The molecule has 5 rings (SSSR count). The Morgan fingerprint density at radius 1 is 1.00 bits per heavy atom.